The van der Waals surface area contributed by atoms with E-state index in [1.165, 1.54) is 26.4 Å². The van der Waals surface area contributed by atoms with Crippen LogP contribution in [0.4, 0.5) is 18.4 Å². The molecule has 4 amide bonds. The number of hydrogen-bond donors (Lipinski definition) is 4. The fourth-order valence-electron chi connectivity index (χ4n) is 10.4. The van der Waals surface area contributed by atoms with Crippen molar-refractivity contribution in [1.82, 2.24) is 40.4 Å². The minimum Gasteiger partial charge on any atom is -0.453 e. The lowest BCUT2D eigenvalue weighted by Gasteiger charge is -2.37. The van der Waals surface area contributed by atoms with Gasteiger partial charge in [0.1, 0.15) is 23.7 Å². The molecule has 65 heavy (non-hydrogen) atoms. The van der Waals surface area contributed by atoms with Gasteiger partial charge in [0.15, 0.2) is 0 Å². The predicted molar refractivity (Wildman–Crippen MR) is 240 cm³/mol. The normalized spacial score (nSPS) is 23.5. The van der Waals surface area contributed by atoms with Crippen LogP contribution in [0.25, 0.3) is 33.9 Å². The van der Waals surface area contributed by atoms with Crippen LogP contribution in [0, 0.1) is 23.2 Å². The van der Waals surface area contributed by atoms with Gasteiger partial charge in [0.25, 0.3) is 5.92 Å². The zero-order valence-electron chi connectivity index (χ0n) is 37.5. The zero-order chi connectivity index (χ0) is 45.9. The molecule has 4 heterocycles. The van der Waals surface area contributed by atoms with Gasteiger partial charge in [-0.2, -0.15) is 8.78 Å². The van der Waals surface area contributed by atoms with Gasteiger partial charge in [-0.1, -0.05) is 70.2 Å². The largest absolute Gasteiger partial charge is 0.453 e. The second-order valence-electron chi connectivity index (χ2n) is 19.1. The summed E-state index contributed by atoms with van der Waals surface area (Å²) in [5.74, 6) is -2.64. The highest BCUT2D eigenvalue weighted by Gasteiger charge is 2.55. The fraction of sp³-hybridized carbons (Fsp3) is 0.469. The van der Waals surface area contributed by atoms with Crippen LogP contribution >= 0.6 is 0 Å². The second kappa shape index (κ2) is 16.9. The van der Waals surface area contributed by atoms with Crippen molar-refractivity contribution in [2.45, 2.75) is 102 Å². The second-order valence-corrected chi connectivity index (χ2v) is 19.1. The van der Waals surface area contributed by atoms with Gasteiger partial charge in [-0.05, 0) is 103 Å². The third-order valence-corrected chi connectivity index (χ3v) is 14.1. The number of likely N-dealkylation sites (tertiary alicyclic amines) is 2. The number of allylic oxidation sites excluding steroid dienone is 5. The summed E-state index contributed by atoms with van der Waals surface area (Å²) in [6.07, 6.45) is 13.3. The molecule has 2 aromatic heterocycles. The minimum absolute atomic E-state index is 0.00466. The molecule has 342 valence electrons. The van der Waals surface area contributed by atoms with Crippen LogP contribution in [0.15, 0.2) is 66.9 Å². The van der Waals surface area contributed by atoms with Crippen molar-refractivity contribution in [2.24, 2.45) is 23.2 Å². The summed E-state index contributed by atoms with van der Waals surface area (Å²) < 4.78 is 42.4. The molecule has 6 atom stereocenters. The first kappa shape index (κ1) is 43.9. The number of benzene rings is 2. The molecule has 0 radical (unpaired) electrons. The quantitative estimate of drug-likeness (QED) is 0.123. The molecular weight excluding hydrogens is 835 g/mol. The number of alkyl carbamates (subject to hydrolysis) is 2. The third-order valence-electron chi connectivity index (χ3n) is 14.1. The molecule has 1 spiro atoms. The fourth-order valence-corrected chi connectivity index (χ4v) is 10.4. The van der Waals surface area contributed by atoms with Crippen molar-refractivity contribution in [3.8, 4) is 11.3 Å². The van der Waals surface area contributed by atoms with Crippen molar-refractivity contribution in [3.63, 3.8) is 0 Å². The number of alkyl halides is 2. The molecule has 4 fully saturated rings. The maximum atomic E-state index is 16.4. The highest BCUT2D eigenvalue weighted by atomic mass is 19.3. The molecule has 2 aliphatic heterocycles. The summed E-state index contributed by atoms with van der Waals surface area (Å²) in [5, 5.41) is 5.43. The van der Waals surface area contributed by atoms with E-state index < -0.39 is 30.2 Å². The Morgan fingerprint density at radius 3 is 2.26 bits per heavy atom. The van der Waals surface area contributed by atoms with E-state index in [0.29, 0.717) is 63.6 Å². The van der Waals surface area contributed by atoms with E-state index in [2.05, 4.69) is 25.6 Å². The topological polar surface area (TPSA) is 175 Å². The predicted octanol–water partition coefficient (Wildman–Crippen LogP) is 8.58. The van der Waals surface area contributed by atoms with Gasteiger partial charge < -0.3 is 39.9 Å². The van der Waals surface area contributed by atoms with Gasteiger partial charge in [-0.15, -0.1) is 0 Å². The first-order valence-corrected chi connectivity index (χ1v) is 22.6. The van der Waals surface area contributed by atoms with Crippen molar-refractivity contribution >= 4 is 46.7 Å². The standard InChI is InChI=1S/C49H56F2N8O6/c1-26(2)39(56-46(62)64-5)44(60)58-25-48(18-19-48)23-38(58)42-52-24-37(55-42)31-11-10-29-9-7-8-28(16-17-49(50,51)34(29)21-31)30-13-15-35-36(22-30)54-43(53-35)41-32-12-14-33(20-32)59(41)45(61)40(27(3)4)57-47(63)65-6/h7-11,13,15-17,21-22,24,26-27,32-33,38-41H,12,14,18-20,23,25H2,1-6H3,(H,52,55)(H,53,54)(H,56,62)(H,57,63). The van der Waals surface area contributed by atoms with Gasteiger partial charge in [0, 0.05) is 23.7 Å². The van der Waals surface area contributed by atoms with Crippen LogP contribution in [-0.2, 0) is 25.0 Å². The number of carbonyl (C=O) groups is 4. The Bertz CT molecular complexity index is 2630. The summed E-state index contributed by atoms with van der Waals surface area (Å²) in [6, 6.07) is 8.39. The Labute approximate surface area is 376 Å². The number of aromatic amines is 2. The molecule has 2 saturated carbocycles. The molecule has 3 aliphatic carbocycles. The molecular formula is C49H56F2N8O6. The number of imidazole rings is 2. The van der Waals surface area contributed by atoms with E-state index in [4.69, 9.17) is 14.5 Å². The molecule has 5 aliphatic rings. The lowest BCUT2D eigenvalue weighted by molar-refractivity contribution is -0.139. The SMILES string of the molecule is COC(=O)NC(C(=O)N1CC2(CC2)CC1c1ncc(-c2ccc3c(c2)C(F)(F)C=CC(c2ccc4nc(C5C6CCC(C6)N5C(=O)C(NC(=O)OC)C(C)C)[nH]c4c2)=CC=C3)[nH]1)C(C)C. The highest BCUT2D eigenvalue weighted by molar-refractivity contribution is 5.89. The Kier molecular flexibility index (Phi) is 11.4. The first-order valence-electron chi connectivity index (χ1n) is 22.6. The zero-order valence-corrected chi connectivity index (χ0v) is 37.5. The highest BCUT2D eigenvalue weighted by Crippen LogP contribution is 2.58. The number of nitrogens with zero attached hydrogens (tertiary/aromatic N) is 4. The molecule has 9 rings (SSSR count). The van der Waals surface area contributed by atoms with E-state index in [0.717, 1.165) is 38.2 Å². The summed E-state index contributed by atoms with van der Waals surface area (Å²) >= 11 is 0. The number of aromatic nitrogens is 4. The smallest absolute Gasteiger partial charge is 0.407 e. The van der Waals surface area contributed by atoms with Crippen LogP contribution in [0.5, 0.6) is 0 Å². The average molecular weight is 891 g/mol. The Balaban J connectivity index is 0.947. The number of fused-ring (bicyclic) bond motifs is 4. The number of hydrogen-bond acceptors (Lipinski definition) is 8. The number of amides is 4. The maximum Gasteiger partial charge on any atom is 0.407 e. The summed E-state index contributed by atoms with van der Waals surface area (Å²) in [6.45, 7) is 8.07. The van der Waals surface area contributed by atoms with Gasteiger partial charge in [-0.25, -0.2) is 19.6 Å². The number of H-pyrrole nitrogens is 2. The number of rotatable bonds is 10. The number of ether oxygens (including phenoxy) is 2. The Morgan fingerprint density at radius 2 is 1.57 bits per heavy atom. The number of piperidine rings is 1. The number of halogens is 2. The summed E-state index contributed by atoms with van der Waals surface area (Å²) in [7, 11) is 2.54. The average Bonchev–Trinajstić information content (AvgIpc) is 3.90. The van der Waals surface area contributed by atoms with Crippen molar-refractivity contribution < 1.29 is 37.4 Å². The maximum absolute atomic E-state index is 16.4. The van der Waals surface area contributed by atoms with E-state index >= 15 is 8.78 Å². The minimum atomic E-state index is -3.35. The van der Waals surface area contributed by atoms with E-state index in [-0.39, 0.29) is 58.7 Å². The van der Waals surface area contributed by atoms with Crippen LogP contribution in [0.2, 0.25) is 0 Å². The van der Waals surface area contributed by atoms with Crippen LogP contribution < -0.4 is 10.6 Å². The van der Waals surface area contributed by atoms with Crippen LogP contribution in [-0.4, -0.2) is 92.6 Å². The molecule has 4 aromatic rings. The van der Waals surface area contributed by atoms with Gasteiger partial charge in [-0.3, -0.25) is 9.59 Å². The number of methoxy groups -OCH3 is 2. The lowest BCUT2D eigenvalue weighted by atomic mass is 9.95. The molecule has 6 unspecified atom stereocenters. The Hall–Kier alpha value is -6.32. The van der Waals surface area contributed by atoms with E-state index in [9.17, 15) is 19.2 Å². The van der Waals surface area contributed by atoms with Crippen molar-refractivity contribution in [2.75, 3.05) is 20.8 Å². The van der Waals surface area contributed by atoms with E-state index in [1.807, 2.05) is 50.8 Å². The molecule has 2 saturated heterocycles. The van der Waals surface area contributed by atoms with Gasteiger partial charge in [0.2, 0.25) is 11.8 Å². The molecule has 2 bridgehead atoms. The van der Waals surface area contributed by atoms with Crippen LogP contribution in [0.3, 0.4) is 0 Å². The van der Waals surface area contributed by atoms with Crippen molar-refractivity contribution in [3.05, 3.63) is 95.2 Å². The molecule has 2 aromatic carbocycles. The van der Waals surface area contributed by atoms with Gasteiger partial charge >= 0.3 is 12.2 Å². The molecule has 14 nitrogen and oxygen atoms in total. The lowest BCUT2D eigenvalue weighted by Crippen LogP contribution is -2.54. The van der Waals surface area contributed by atoms with E-state index in [1.54, 1.807) is 41.5 Å². The van der Waals surface area contributed by atoms with Gasteiger partial charge in [0.05, 0.1) is 49.2 Å². The summed E-state index contributed by atoms with van der Waals surface area (Å²) in [4.78, 5) is 72.5. The number of nitrogens with one attached hydrogen (secondary N) is 4. The van der Waals surface area contributed by atoms with Crippen LogP contribution in [0.1, 0.15) is 107 Å². The summed E-state index contributed by atoms with van der Waals surface area (Å²) in [5.41, 5.74) is 3.95. The third kappa shape index (κ3) is 8.31. The van der Waals surface area contributed by atoms with Crippen molar-refractivity contribution in [1.29, 1.82) is 0 Å². The first-order chi connectivity index (χ1) is 31.1. The molecule has 16 heteroatoms. The molecule has 4 N–H and O–H groups in total. The Morgan fingerprint density at radius 1 is 0.862 bits per heavy atom. The monoisotopic (exact) mass is 890 g/mol. The number of carbonyl (C=O) groups excluding carboxylic acids is 4.